The first kappa shape index (κ1) is 25.2. The Morgan fingerprint density at radius 2 is 1.74 bits per heavy atom. The number of carbonyl (C=O) groups is 2. The summed E-state index contributed by atoms with van der Waals surface area (Å²) in [6.45, 7) is 3.06. The molecule has 0 aliphatic carbocycles. The summed E-state index contributed by atoms with van der Waals surface area (Å²) in [4.78, 5) is 27.7. The van der Waals surface area contributed by atoms with Crippen molar-refractivity contribution in [3.8, 4) is 5.75 Å². The first-order valence-electron chi connectivity index (χ1n) is 11.8. The van der Waals surface area contributed by atoms with Gasteiger partial charge in [0.05, 0.1) is 36.5 Å². The van der Waals surface area contributed by atoms with Gasteiger partial charge in [-0.05, 0) is 55.2 Å². The SMILES string of the molecule is COc1ccc(S(=O)(=O)N2CCCC2)cc1CCC(=O)Nc1ccccc1C(=O)N1CCOCC1. The average molecular weight is 502 g/mol. The lowest BCUT2D eigenvalue weighted by atomic mass is 10.1. The minimum atomic E-state index is -3.57. The molecule has 10 heteroatoms. The zero-order chi connectivity index (χ0) is 24.8. The minimum Gasteiger partial charge on any atom is -0.496 e. The predicted molar refractivity (Wildman–Crippen MR) is 131 cm³/mol. The molecule has 35 heavy (non-hydrogen) atoms. The number of sulfonamides is 1. The Morgan fingerprint density at radius 1 is 1.03 bits per heavy atom. The van der Waals surface area contributed by atoms with Gasteiger partial charge in [0, 0.05) is 32.6 Å². The van der Waals surface area contributed by atoms with Crippen LogP contribution < -0.4 is 10.1 Å². The molecule has 9 nitrogen and oxygen atoms in total. The molecule has 4 rings (SSSR count). The van der Waals surface area contributed by atoms with Crippen LogP contribution in [0, 0.1) is 0 Å². The molecule has 2 amide bonds. The Labute approximate surface area is 206 Å². The van der Waals surface area contributed by atoms with Crippen LogP contribution in [-0.2, 0) is 26.0 Å². The smallest absolute Gasteiger partial charge is 0.256 e. The Morgan fingerprint density at radius 3 is 2.46 bits per heavy atom. The highest BCUT2D eigenvalue weighted by atomic mass is 32.2. The van der Waals surface area contributed by atoms with Gasteiger partial charge in [0.1, 0.15) is 5.75 Å². The lowest BCUT2D eigenvalue weighted by Crippen LogP contribution is -2.41. The van der Waals surface area contributed by atoms with Gasteiger partial charge in [0.15, 0.2) is 0 Å². The van der Waals surface area contributed by atoms with Crippen molar-refractivity contribution in [2.75, 3.05) is 51.8 Å². The number of para-hydroxylation sites is 1. The molecule has 0 bridgehead atoms. The number of amides is 2. The second-order valence-corrected chi connectivity index (χ2v) is 10.5. The van der Waals surface area contributed by atoms with E-state index in [1.165, 1.54) is 11.4 Å². The van der Waals surface area contributed by atoms with Crippen molar-refractivity contribution in [1.82, 2.24) is 9.21 Å². The van der Waals surface area contributed by atoms with E-state index in [1.807, 2.05) is 0 Å². The molecule has 0 unspecified atom stereocenters. The number of nitrogens with one attached hydrogen (secondary N) is 1. The van der Waals surface area contributed by atoms with E-state index in [1.54, 1.807) is 47.4 Å². The van der Waals surface area contributed by atoms with Crippen LogP contribution in [0.25, 0.3) is 0 Å². The van der Waals surface area contributed by atoms with E-state index in [0.717, 1.165) is 12.8 Å². The normalized spacial score (nSPS) is 16.8. The number of morpholine rings is 1. The average Bonchev–Trinajstić information content (AvgIpc) is 3.44. The van der Waals surface area contributed by atoms with Crippen LogP contribution in [0.4, 0.5) is 5.69 Å². The van der Waals surface area contributed by atoms with E-state index in [-0.39, 0.29) is 29.6 Å². The highest BCUT2D eigenvalue weighted by Gasteiger charge is 2.28. The Balaban J connectivity index is 1.45. The van der Waals surface area contributed by atoms with Gasteiger partial charge >= 0.3 is 0 Å². The van der Waals surface area contributed by atoms with Crippen molar-refractivity contribution in [3.63, 3.8) is 0 Å². The van der Waals surface area contributed by atoms with Crippen LogP contribution in [0.5, 0.6) is 5.75 Å². The fourth-order valence-corrected chi connectivity index (χ4v) is 5.93. The third kappa shape index (κ3) is 5.83. The van der Waals surface area contributed by atoms with Crippen molar-refractivity contribution in [1.29, 1.82) is 0 Å². The van der Waals surface area contributed by atoms with Gasteiger partial charge in [-0.2, -0.15) is 4.31 Å². The van der Waals surface area contributed by atoms with Gasteiger partial charge in [-0.1, -0.05) is 12.1 Å². The van der Waals surface area contributed by atoms with E-state index in [0.29, 0.717) is 62.0 Å². The first-order chi connectivity index (χ1) is 16.9. The fourth-order valence-electron chi connectivity index (χ4n) is 4.36. The number of methoxy groups -OCH3 is 1. The van der Waals surface area contributed by atoms with Crippen LogP contribution in [-0.4, -0.2) is 75.9 Å². The van der Waals surface area contributed by atoms with Crippen molar-refractivity contribution in [2.24, 2.45) is 0 Å². The van der Waals surface area contributed by atoms with E-state index >= 15 is 0 Å². The zero-order valence-electron chi connectivity index (χ0n) is 19.9. The molecule has 2 heterocycles. The third-order valence-corrected chi connectivity index (χ3v) is 8.20. The molecule has 0 spiro atoms. The topological polar surface area (TPSA) is 105 Å². The summed E-state index contributed by atoms with van der Waals surface area (Å²) >= 11 is 0. The summed E-state index contributed by atoms with van der Waals surface area (Å²) in [5.41, 5.74) is 1.52. The molecular weight excluding hydrogens is 470 g/mol. The minimum absolute atomic E-state index is 0.101. The molecule has 0 saturated carbocycles. The largest absolute Gasteiger partial charge is 0.496 e. The maximum Gasteiger partial charge on any atom is 0.256 e. The van der Waals surface area contributed by atoms with Gasteiger partial charge in [0.25, 0.3) is 5.91 Å². The summed E-state index contributed by atoms with van der Waals surface area (Å²) in [6.07, 6.45) is 2.11. The number of benzene rings is 2. The first-order valence-corrected chi connectivity index (χ1v) is 13.3. The molecule has 0 radical (unpaired) electrons. The van der Waals surface area contributed by atoms with Crippen LogP contribution >= 0.6 is 0 Å². The highest BCUT2D eigenvalue weighted by Crippen LogP contribution is 2.27. The Bertz CT molecular complexity index is 1170. The Hall–Kier alpha value is -2.95. The van der Waals surface area contributed by atoms with Gasteiger partial charge in [-0.25, -0.2) is 8.42 Å². The van der Waals surface area contributed by atoms with E-state index < -0.39 is 10.0 Å². The van der Waals surface area contributed by atoms with Crippen molar-refractivity contribution < 1.29 is 27.5 Å². The monoisotopic (exact) mass is 501 g/mol. The molecule has 188 valence electrons. The summed E-state index contributed by atoms with van der Waals surface area (Å²) in [7, 11) is -2.06. The molecule has 2 fully saturated rings. The van der Waals surface area contributed by atoms with E-state index in [2.05, 4.69) is 5.32 Å². The summed E-state index contributed by atoms with van der Waals surface area (Å²) in [6, 6.07) is 11.7. The van der Waals surface area contributed by atoms with Gasteiger partial charge in [-0.3, -0.25) is 9.59 Å². The maximum atomic E-state index is 13.0. The van der Waals surface area contributed by atoms with Crippen LogP contribution in [0.1, 0.15) is 35.2 Å². The summed E-state index contributed by atoms with van der Waals surface area (Å²) < 4.78 is 38.1. The lowest BCUT2D eigenvalue weighted by Gasteiger charge is -2.27. The molecule has 1 N–H and O–H groups in total. The number of nitrogens with zero attached hydrogens (tertiary/aromatic N) is 2. The van der Waals surface area contributed by atoms with Crippen molar-refractivity contribution in [2.45, 2.75) is 30.6 Å². The molecule has 0 atom stereocenters. The number of hydrogen-bond acceptors (Lipinski definition) is 6. The third-order valence-electron chi connectivity index (χ3n) is 6.31. The van der Waals surface area contributed by atoms with E-state index in [9.17, 15) is 18.0 Å². The van der Waals surface area contributed by atoms with Crippen LogP contribution in [0.2, 0.25) is 0 Å². The molecule has 2 aliphatic heterocycles. The standard InChI is InChI=1S/C25H31N3O6S/c1-33-23-10-9-20(35(31,32)28-12-4-5-13-28)18-19(23)8-11-24(29)26-22-7-3-2-6-21(22)25(30)27-14-16-34-17-15-27/h2-3,6-7,9-10,18H,4-5,8,11-17H2,1H3,(H,26,29). The molecule has 2 saturated heterocycles. The lowest BCUT2D eigenvalue weighted by molar-refractivity contribution is -0.116. The second kappa shape index (κ2) is 11.2. The fraction of sp³-hybridized carbons (Fsp3) is 0.440. The van der Waals surface area contributed by atoms with Gasteiger partial charge in [-0.15, -0.1) is 0 Å². The number of rotatable bonds is 8. The number of hydrogen-bond donors (Lipinski definition) is 1. The quantitative estimate of drug-likeness (QED) is 0.596. The number of carbonyl (C=O) groups excluding carboxylic acids is 2. The number of anilines is 1. The van der Waals surface area contributed by atoms with Crippen LogP contribution in [0.15, 0.2) is 47.4 Å². The number of ether oxygens (including phenoxy) is 2. The second-order valence-electron chi connectivity index (χ2n) is 8.58. The molecule has 2 aromatic carbocycles. The molecule has 2 aliphatic rings. The van der Waals surface area contributed by atoms with Crippen molar-refractivity contribution >= 4 is 27.5 Å². The van der Waals surface area contributed by atoms with Crippen LogP contribution in [0.3, 0.4) is 0 Å². The maximum absolute atomic E-state index is 13.0. The Kier molecular flexibility index (Phi) is 8.04. The van der Waals surface area contributed by atoms with E-state index in [4.69, 9.17) is 9.47 Å². The molecule has 2 aromatic rings. The van der Waals surface area contributed by atoms with Crippen molar-refractivity contribution in [3.05, 3.63) is 53.6 Å². The zero-order valence-corrected chi connectivity index (χ0v) is 20.7. The summed E-state index contributed by atoms with van der Waals surface area (Å²) in [5.74, 6) is 0.105. The van der Waals surface area contributed by atoms with Gasteiger partial charge in [0.2, 0.25) is 15.9 Å². The van der Waals surface area contributed by atoms with Gasteiger partial charge < -0.3 is 19.7 Å². The predicted octanol–water partition coefficient (Wildman–Crippen LogP) is 2.52. The molecular formula is C25H31N3O6S. The molecule has 0 aromatic heterocycles. The summed E-state index contributed by atoms with van der Waals surface area (Å²) in [5, 5.41) is 2.84. The highest BCUT2D eigenvalue weighted by molar-refractivity contribution is 7.89. The number of aryl methyl sites for hydroxylation is 1.